The highest BCUT2D eigenvalue weighted by molar-refractivity contribution is 6.32. The van der Waals surface area contributed by atoms with Gasteiger partial charge in [0.05, 0.1) is 15.6 Å². The lowest BCUT2D eigenvalue weighted by Crippen LogP contribution is -2.46. The molecule has 4 fully saturated rings. The molecule has 300 valence electrons. The van der Waals surface area contributed by atoms with E-state index in [4.69, 9.17) is 23.2 Å². The largest absolute Gasteiger partial charge is 0.371 e. The second kappa shape index (κ2) is 16.6. The van der Waals surface area contributed by atoms with Crippen molar-refractivity contribution in [3.05, 3.63) is 129 Å². The van der Waals surface area contributed by atoms with Crippen molar-refractivity contribution in [2.24, 2.45) is 10.8 Å². The van der Waals surface area contributed by atoms with Gasteiger partial charge in [0, 0.05) is 79.7 Å². The van der Waals surface area contributed by atoms with Crippen LogP contribution in [0.1, 0.15) is 94.4 Å². The van der Waals surface area contributed by atoms with Crippen LogP contribution >= 0.6 is 23.2 Å². The Bertz CT molecular complexity index is 2230. The lowest BCUT2D eigenvalue weighted by Gasteiger charge is -2.44. The molecule has 0 amide bonds. The minimum absolute atomic E-state index is 0.289. The summed E-state index contributed by atoms with van der Waals surface area (Å²) in [5.74, 6) is 0.562. The molecule has 8 rings (SSSR count). The van der Waals surface area contributed by atoms with E-state index in [2.05, 4.69) is 138 Å². The Morgan fingerprint density at radius 2 is 1.10 bits per heavy atom. The molecule has 2 atom stereocenters. The van der Waals surface area contributed by atoms with Gasteiger partial charge in [-0.05, 0) is 141 Å². The first kappa shape index (κ1) is 40.2. The SMILES string of the molecule is C=C(C[N+]#Cc1ccc(N2CCC3(CCN(c4ccc(C(C)C)cc4)CC3)C2C)cc1Cl)c1ccc(N2CCC3(CC2)CCN(c2ccc(C#N)c(Cl)c2)[C@H]3C)cc1. The second-order valence-electron chi connectivity index (χ2n) is 17.7. The van der Waals surface area contributed by atoms with Gasteiger partial charge >= 0.3 is 6.07 Å². The zero-order chi connectivity index (χ0) is 40.6. The van der Waals surface area contributed by atoms with Crippen LogP contribution in [0, 0.1) is 28.2 Å². The fourth-order valence-corrected chi connectivity index (χ4v) is 10.9. The number of hydrogen-bond donors (Lipinski definition) is 0. The zero-order valence-electron chi connectivity index (χ0n) is 34.7. The maximum Gasteiger partial charge on any atom is 0.313 e. The second-order valence-corrected chi connectivity index (χ2v) is 18.5. The number of anilines is 4. The van der Waals surface area contributed by atoms with Gasteiger partial charge in [-0.1, -0.05) is 72.7 Å². The molecule has 58 heavy (non-hydrogen) atoms. The van der Waals surface area contributed by atoms with Crippen molar-refractivity contribution in [3.8, 4) is 12.1 Å². The van der Waals surface area contributed by atoms with Gasteiger partial charge < -0.3 is 19.6 Å². The molecule has 4 aliphatic heterocycles. The summed E-state index contributed by atoms with van der Waals surface area (Å²) in [6.45, 7) is 20.5. The van der Waals surface area contributed by atoms with Crippen molar-refractivity contribution >= 4 is 51.5 Å². The predicted octanol–water partition coefficient (Wildman–Crippen LogP) is 12.2. The van der Waals surface area contributed by atoms with Crippen molar-refractivity contribution < 1.29 is 0 Å². The van der Waals surface area contributed by atoms with Crippen molar-refractivity contribution in [2.75, 3.05) is 65.4 Å². The molecule has 4 aromatic rings. The lowest BCUT2D eigenvalue weighted by atomic mass is 9.73. The number of hydrogen-bond acceptors (Lipinski definition) is 5. The number of rotatable bonds is 7. The van der Waals surface area contributed by atoms with Gasteiger partial charge in [-0.3, -0.25) is 0 Å². The molecule has 8 heteroatoms. The summed E-state index contributed by atoms with van der Waals surface area (Å²) in [5.41, 5.74) is 10.3. The van der Waals surface area contributed by atoms with Crippen molar-refractivity contribution in [1.82, 2.24) is 0 Å². The predicted molar refractivity (Wildman–Crippen MR) is 245 cm³/mol. The van der Waals surface area contributed by atoms with E-state index in [1.165, 1.54) is 48.3 Å². The summed E-state index contributed by atoms with van der Waals surface area (Å²) in [5, 5.41) is 10.5. The average Bonchev–Trinajstić information content (AvgIpc) is 3.73. The molecule has 0 bridgehead atoms. The van der Waals surface area contributed by atoms with E-state index in [-0.39, 0.29) is 5.41 Å². The average molecular weight is 813 g/mol. The van der Waals surface area contributed by atoms with Crippen molar-refractivity contribution in [3.63, 3.8) is 0 Å². The molecule has 4 aliphatic rings. The van der Waals surface area contributed by atoms with E-state index >= 15 is 0 Å². The summed E-state index contributed by atoms with van der Waals surface area (Å²) in [6.07, 6.45) is 7.14. The van der Waals surface area contributed by atoms with E-state index in [1.54, 1.807) is 0 Å². The summed E-state index contributed by atoms with van der Waals surface area (Å²) < 4.78 is 0. The van der Waals surface area contributed by atoms with Gasteiger partial charge in [-0.25, -0.2) is 0 Å². The third-order valence-electron chi connectivity index (χ3n) is 14.7. The van der Waals surface area contributed by atoms with Gasteiger partial charge in [0.1, 0.15) is 11.6 Å². The van der Waals surface area contributed by atoms with E-state index in [9.17, 15) is 5.26 Å². The molecule has 0 N–H and O–H groups in total. The first-order valence-electron chi connectivity index (χ1n) is 21.3. The van der Waals surface area contributed by atoms with Crippen molar-refractivity contribution in [1.29, 1.82) is 5.26 Å². The Morgan fingerprint density at radius 3 is 1.55 bits per heavy atom. The molecule has 4 aromatic carbocycles. The summed E-state index contributed by atoms with van der Waals surface area (Å²) in [6, 6.07) is 36.5. The third kappa shape index (κ3) is 7.79. The highest BCUT2D eigenvalue weighted by Gasteiger charge is 2.48. The fourth-order valence-electron chi connectivity index (χ4n) is 10.5. The molecular weight excluding hydrogens is 755 g/mol. The number of halogens is 2. The smallest absolute Gasteiger partial charge is 0.313 e. The standard InChI is InChI=1S/C50H57Cl2N6/c1-35(2)39-6-12-43(13-7-39)55-24-18-50(19-25-55)23-29-58(38(50)5)46-17-11-42(48(52)31-46)34-54-33-36(3)40-8-14-44(15-9-40)56-26-20-49(21-27-56)22-28-57(37(49)4)45-16-10-41(32-53)47(51)30-45/h6-17,30-31,35,37-38H,3,18-29,33H2,1-2,4-5H3/q+1/t37-,38?/m0/s1. The van der Waals surface area contributed by atoms with Crippen LogP contribution in [0.15, 0.2) is 91.5 Å². The van der Waals surface area contributed by atoms with Gasteiger partial charge in [-0.15, -0.1) is 0 Å². The number of nitriles is 1. The quantitative estimate of drug-likeness (QED) is 0.186. The Kier molecular flexibility index (Phi) is 11.5. The molecule has 1 unspecified atom stereocenters. The van der Waals surface area contributed by atoms with Gasteiger partial charge in [0.15, 0.2) is 0 Å². The van der Waals surface area contributed by atoms with E-state index in [0.29, 0.717) is 45.6 Å². The Morgan fingerprint density at radius 1 is 0.672 bits per heavy atom. The van der Waals surface area contributed by atoms with Crippen LogP contribution in [0.4, 0.5) is 22.7 Å². The minimum atomic E-state index is 0.289. The zero-order valence-corrected chi connectivity index (χ0v) is 36.2. The normalized spacial score (nSPS) is 21.1. The molecule has 0 aromatic heterocycles. The number of benzene rings is 4. The van der Waals surface area contributed by atoms with E-state index in [0.717, 1.165) is 74.5 Å². The number of piperidine rings is 2. The van der Waals surface area contributed by atoms with Gasteiger partial charge in [-0.2, -0.15) is 5.26 Å². The molecule has 2 spiro atoms. The van der Waals surface area contributed by atoms with Gasteiger partial charge in [0.2, 0.25) is 0 Å². The third-order valence-corrected chi connectivity index (χ3v) is 15.3. The lowest BCUT2D eigenvalue weighted by molar-refractivity contribution is 0.205. The summed E-state index contributed by atoms with van der Waals surface area (Å²) in [7, 11) is 0. The molecule has 4 saturated heterocycles. The molecule has 6 nitrogen and oxygen atoms in total. The number of nitrogens with zero attached hydrogens (tertiary/aromatic N) is 6. The highest BCUT2D eigenvalue weighted by atomic mass is 35.5. The summed E-state index contributed by atoms with van der Waals surface area (Å²) >= 11 is 13.3. The molecule has 0 saturated carbocycles. The molecular formula is C50H57Cl2N6+. The van der Waals surface area contributed by atoms with E-state index < -0.39 is 0 Å². The van der Waals surface area contributed by atoms with Crippen LogP contribution in [-0.2, 0) is 0 Å². The van der Waals surface area contributed by atoms with Crippen LogP contribution < -0.4 is 19.6 Å². The highest BCUT2D eigenvalue weighted by Crippen LogP contribution is 2.49. The Balaban J connectivity index is 0.821. The maximum atomic E-state index is 9.30. The van der Waals surface area contributed by atoms with Gasteiger partial charge in [0.25, 0.3) is 6.54 Å². The molecule has 0 radical (unpaired) electrons. The van der Waals surface area contributed by atoms with Crippen LogP contribution in [0.3, 0.4) is 0 Å². The summed E-state index contributed by atoms with van der Waals surface area (Å²) in [4.78, 5) is 14.8. The topological polar surface area (TPSA) is 41.1 Å². The van der Waals surface area contributed by atoms with Crippen LogP contribution in [0.5, 0.6) is 0 Å². The Labute approximate surface area is 356 Å². The van der Waals surface area contributed by atoms with Crippen LogP contribution in [0.2, 0.25) is 10.0 Å². The molecule has 0 aliphatic carbocycles. The van der Waals surface area contributed by atoms with Crippen LogP contribution in [-0.4, -0.2) is 57.9 Å². The maximum absolute atomic E-state index is 9.30. The monoisotopic (exact) mass is 811 g/mol. The minimum Gasteiger partial charge on any atom is -0.371 e. The fraction of sp³-hybridized carbons (Fsp3) is 0.440. The van der Waals surface area contributed by atoms with E-state index in [1.807, 2.05) is 18.2 Å². The first-order valence-corrected chi connectivity index (χ1v) is 22.1. The Hall–Kier alpha value is -4.62. The van der Waals surface area contributed by atoms with Crippen molar-refractivity contribution in [2.45, 2.75) is 84.2 Å². The first-order chi connectivity index (χ1) is 28.0. The molecule has 4 heterocycles. The van der Waals surface area contributed by atoms with Crippen LogP contribution in [0.25, 0.3) is 10.4 Å².